The maximum absolute atomic E-state index is 12.4. The lowest BCUT2D eigenvalue weighted by Gasteiger charge is -2.19. The summed E-state index contributed by atoms with van der Waals surface area (Å²) in [5.41, 5.74) is 0. The monoisotopic (exact) mass is 285 g/mol. The van der Waals surface area contributed by atoms with Crippen LogP contribution in [0.15, 0.2) is 9.64 Å². The van der Waals surface area contributed by atoms with Crippen molar-refractivity contribution in [2.24, 2.45) is 0 Å². The second kappa shape index (κ2) is 5.11. The van der Waals surface area contributed by atoms with E-state index < -0.39 is 9.84 Å². The van der Waals surface area contributed by atoms with Crippen LogP contribution in [-0.4, -0.2) is 37.0 Å². The number of nitrogens with zero attached hydrogens (tertiary/aromatic N) is 3. The summed E-state index contributed by atoms with van der Waals surface area (Å²) >= 11 is 0. The number of rotatable bonds is 3. The molecule has 1 aromatic heterocycles. The van der Waals surface area contributed by atoms with Gasteiger partial charge >= 0.3 is 11.2 Å². The van der Waals surface area contributed by atoms with Crippen LogP contribution in [0.3, 0.4) is 0 Å². The molecule has 1 saturated heterocycles. The fourth-order valence-electron chi connectivity index (χ4n) is 2.87. The van der Waals surface area contributed by atoms with Crippen molar-refractivity contribution in [1.82, 2.24) is 10.2 Å². The molecule has 2 heterocycles. The summed E-state index contributed by atoms with van der Waals surface area (Å²) in [5.74, 6) is 0. The highest BCUT2D eigenvalue weighted by Gasteiger charge is 2.34. The molecule has 3 rings (SSSR count). The lowest BCUT2D eigenvalue weighted by Crippen LogP contribution is -2.24. The summed E-state index contributed by atoms with van der Waals surface area (Å²) in [6, 6.07) is 0.354. The van der Waals surface area contributed by atoms with Gasteiger partial charge in [0.2, 0.25) is 9.84 Å². The van der Waals surface area contributed by atoms with Crippen molar-refractivity contribution in [3.05, 3.63) is 0 Å². The minimum atomic E-state index is -3.44. The Morgan fingerprint density at radius 2 is 1.68 bits per heavy atom. The van der Waals surface area contributed by atoms with Gasteiger partial charge in [-0.2, -0.15) is 0 Å². The fraction of sp³-hybridized carbons (Fsp3) is 0.833. The van der Waals surface area contributed by atoms with Crippen LogP contribution in [0.4, 0.5) is 6.01 Å². The van der Waals surface area contributed by atoms with Gasteiger partial charge in [0.1, 0.15) is 0 Å². The Morgan fingerprint density at radius 1 is 1.00 bits per heavy atom. The van der Waals surface area contributed by atoms with Gasteiger partial charge in [0.15, 0.2) is 0 Å². The van der Waals surface area contributed by atoms with Gasteiger partial charge in [-0.3, -0.25) is 0 Å². The Balaban J connectivity index is 1.80. The number of hydrogen-bond donors (Lipinski definition) is 0. The fourth-order valence-corrected chi connectivity index (χ4v) is 4.46. The topological polar surface area (TPSA) is 76.3 Å². The molecule has 0 radical (unpaired) electrons. The average molecular weight is 285 g/mol. The molecule has 6 nitrogen and oxygen atoms in total. The van der Waals surface area contributed by atoms with Crippen LogP contribution in [0.5, 0.6) is 0 Å². The van der Waals surface area contributed by atoms with Gasteiger partial charge in [-0.15, -0.1) is 0 Å². The minimum absolute atomic E-state index is 0.193. The van der Waals surface area contributed by atoms with Crippen molar-refractivity contribution < 1.29 is 12.8 Å². The van der Waals surface area contributed by atoms with E-state index in [0.717, 1.165) is 45.2 Å². The smallest absolute Gasteiger partial charge is 0.337 e. The largest absolute Gasteiger partial charge is 0.394 e. The molecular weight excluding hydrogens is 266 g/mol. The first kappa shape index (κ1) is 12.9. The van der Waals surface area contributed by atoms with Crippen molar-refractivity contribution in [1.29, 1.82) is 0 Å². The summed E-state index contributed by atoms with van der Waals surface area (Å²) in [7, 11) is -3.44. The molecular formula is C12H19N3O3S. The summed E-state index contributed by atoms with van der Waals surface area (Å²) < 4.78 is 30.2. The SMILES string of the molecule is O=S(=O)(c1nnc(N2CCCC2)o1)C1CCCCC1. The molecule has 1 aliphatic carbocycles. The van der Waals surface area contributed by atoms with Crippen LogP contribution in [-0.2, 0) is 9.84 Å². The van der Waals surface area contributed by atoms with E-state index in [4.69, 9.17) is 4.42 Å². The van der Waals surface area contributed by atoms with Crippen molar-refractivity contribution >= 4 is 15.9 Å². The highest BCUT2D eigenvalue weighted by molar-refractivity contribution is 7.91. The maximum Gasteiger partial charge on any atom is 0.337 e. The Labute approximate surface area is 113 Å². The van der Waals surface area contributed by atoms with Crippen molar-refractivity contribution in [3.63, 3.8) is 0 Å². The minimum Gasteiger partial charge on any atom is -0.394 e. The molecule has 0 atom stereocenters. The standard InChI is InChI=1S/C12H19N3O3S/c16-19(17,10-6-2-1-3-7-10)12-14-13-11(18-12)15-8-4-5-9-15/h10H,1-9H2. The molecule has 1 aliphatic heterocycles. The van der Waals surface area contributed by atoms with Crippen LogP contribution in [0.2, 0.25) is 0 Å². The van der Waals surface area contributed by atoms with Crippen LogP contribution >= 0.6 is 0 Å². The molecule has 19 heavy (non-hydrogen) atoms. The highest BCUT2D eigenvalue weighted by atomic mass is 32.2. The van der Waals surface area contributed by atoms with E-state index in [2.05, 4.69) is 10.2 Å². The van der Waals surface area contributed by atoms with E-state index in [0.29, 0.717) is 18.9 Å². The van der Waals surface area contributed by atoms with Gasteiger partial charge in [-0.1, -0.05) is 29.5 Å². The second-order valence-corrected chi connectivity index (χ2v) is 7.46. The quantitative estimate of drug-likeness (QED) is 0.842. The van der Waals surface area contributed by atoms with Gasteiger partial charge in [0.25, 0.3) is 0 Å². The third-order valence-corrected chi connectivity index (χ3v) is 6.01. The normalized spacial score (nSPS) is 22.0. The molecule has 0 amide bonds. The number of aromatic nitrogens is 2. The first-order valence-electron chi connectivity index (χ1n) is 7.00. The molecule has 1 aromatic rings. The van der Waals surface area contributed by atoms with E-state index in [9.17, 15) is 8.42 Å². The van der Waals surface area contributed by atoms with E-state index in [1.165, 1.54) is 0 Å². The van der Waals surface area contributed by atoms with E-state index in [1.807, 2.05) is 4.90 Å². The number of anilines is 1. The zero-order chi connectivity index (χ0) is 13.3. The zero-order valence-corrected chi connectivity index (χ0v) is 11.7. The Morgan fingerprint density at radius 3 is 2.37 bits per heavy atom. The van der Waals surface area contributed by atoms with Gasteiger partial charge in [-0.05, 0) is 25.7 Å². The summed E-state index contributed by atoms with van der Waals surface area (Å²) in [5, 5.41) is 7.12. The van der Waals surface area contributed by atoms with Crippen LogP contribution < -0.4 is 4.90 Å². The van der Waals surface area contributed by atoms with Gasteiger partial charge < -0.3 is 9.32 Å². The van der Waals surface area contributed by atoms with Crippen molar-refractivity contribution in [2.75, 3.05) is 18.0 Å². The molecule has 1 saturated carbocycles. The van der Waals surface area contributed by atoms with Crippen molar-refractivity contribution in [3.8, 4) is 0 Å². The predicted molar refractivity (Wildman–Crippen MR) is 69.8 cm³/mol. The van der Waals surface area contributed by atoms with Gasteiger partial charge in [0, 0.05) is 13.1 Å². The average Bonchev–Trinajstić information content (AvgIpc) is 3.10. The summed E-state index contributed by atoms with van der Waals surface area (Å²) in [6.07, 6.45) is 6.66. The van der Waals surface area contributed by atoms with E-state index >= 15 is 0 Å². The molecule has 7 heteroatoms. The Hall–Kier alpha value is -1.11. The number of sulfone groups is 1. The van der Waals surface area contributed by atoms with E-state index in [-0.39, 0.29) is 10.5 Å². The van der Waals surface area contributed by atoms with Gasteiger partial charge in [-0.25, -0.2) is 8.42 Å². The molecule has 0 spiro atoms. The zero-order valence-electron chi connectivity index (χ0n) is 10.9. The lowest BCUT2D eigenvalue weighted by molar-refractivity contribution is 0.414. The third-order valence-electron chi connectivity index (χ3n) is 4.01. The summed E-state index contributed by atoms with van der Waals surface area (Å²) in [4.78, 5) is 1.95. The molecule has 0 unspecified atom stereocenters. The van der Waals surface area contributed by atoms with Gasteiger partial charge in [0.05, 0.1) is 5.25 Å². The Kier molecular flexibility index (Phi) is 3.47. The molecule has 0 bridgehead atoms. The first-order valence-corrected chi connectivity index (χ1v) is 8.55. The molecule has 2 aliphatic rings. The van der Waals surface area contributed by atoms with Crippen LogP contribution in [0.25, 0.3) is 0 Å². The second-order valence-electron chi connectivity index (χ2n) is 5.35. The molecule has 0 N–H and O–H groups in total. The molecule has 2 fully saturated rings. The van der Waals surface area contributed by atoms with E-state index in [1.54, 1.807) is 0 Å². The highest BCUT2D eigenvalue weighted by Crippen LogP contribution is 2.29. The molecule has 106 valence electrons. The Bertz CT molecular complexity index is 528. The summed E-state index contributed by atoms with van der Waals surface area (Å²) in [6.45, 7) is 1.73. The van der Waals surface area contributed by atoms with Crippen LogP contribution in [0, 0.1) is 0 Å². The third kappa shape index (κ3) is 2.48. The van der Waals surface area contributed by atoms with Crippen molar-refractivity contribution in [2.45, 2.75) is 55.4 Å². The predicted octanol–water partition coefficient (Wildman–Crippen LogP) is 1.78. The number of hydrogen-bond acceptors (Lipinski definition) is 6. The maximum atomic E-state index is 12.4. The lowest BCUT2D eigenvalue weighted by atomic mass is 10.0. The molecule has 0 aromatic carbocycles. The van der Waals surface area contributed by atoms with Crippen LogP contribution in [0.1, 0.15) is 44.9 Å². The first-order chi connectivity index (χ1) is 9.18.